The molecule has 26 heavy (non-hydrogen) atoms. The first-order valence-electron chi connectivity index (χ1n) is 9.02. The summed E-state index contributed by atoms with van der Waals surface area (Å²) in [5.41, 5.74) is 6.16. The minimum atomic E-state index is 0.900. The number of aryl methyl sites for hydroxylation is 2. The van der Waals surface area contributed by atoms with Gasteiger partial charge in [-0.2, -0.15) is 0 Å². The molecule has 1 aromatic carbocycles. The highest BCUT2D eigenvalue weighted by Crippen LogP contribution is 2.24. The minimum Gasteiger partial charge on any atom is -0.252 e. The van der Waals surface area contributed by atoms with Gasteiger partial charge in [-0.25, -0.2) is 14.1 Å². The molecule has 0 saturated heterocycles. The minimum absolute atomic E-state index is 0.900. The summed E-state index contributed by atoms with van der Waals surface area (Å²) in [5, 5.41) is 0. The molecule has 0 aliphatic rings. The van der Waals surface area contributed by atoms with Crippen LogP contribution in [-0.2, 0) is 13.1 Å². The summed E-state index contributed by atoms with van der Waals surface area (Å²) in [5.74, 6) is 0. The van der Waals surface area contributed by atoms with Crippen LogP contribution in [-0.4, -0.2) is 9.97 Å². The van der Waals surface area contributed by atoms with E-state index in [0.29, 0.717) is 0 Å². The van der Waals surface area contributed by atoms with E-state index in [1.54, 1.807) is 0 Å². The summed E-state index contributed by atoms with van der Waals surface area (Å²) < 4.78 is 4.28. The van der Waals surface area contributed by atoms with Crippen molar-refractivity contribution in [3.63, 3.8) is 0 Å². The van der Waals surface area contributed by atoms with E-state index in [-0.39, 0.29) is 0 Å². The first-order chi connectivity index (χ1) is 12.8. The van der Waals surface area contributed by atoms with E-state index in [1.165, 1.54) is 5.56 Å². The van der Waals surface area contributed by atoms with Gasteiger partial charge in [-0.1, -0.05) is 6.07 Å². The third kappa shape index (κ3) is 3.18. The Bertz CT molecular complexity index is 951. The zero-order valence-electron chi connectivity index (χ0n) is 15.1. The Morgan fingerprint density at radius 1 is 0.692 bits per heavy atom. The van der Waals surface area contributed by atoms with Crippen LogP contribution >= 0.6 is 0 Å². The first-order valence-corrected chi connectivity index (χ1v) is 9.02. The Morgan fingerprint density at radius 3 is 1.92 bits per heavy atom. The third-order valence-electron chi connectivity index (χ3n) is 4.68. The molecule has 0 aliphatic heterocycles. The molecule has 0 saturated carbocycles. The van der Waals surface area contributed by atoms with Crippen molar-refractivity contribution in [2.24, 2.45) is 0 Å². The standard InChI is InChI=1S/C22H22N4/c1-3-25-11-7-17(8-12-25)19-5-6-20-21(15-19)23-16-22(24-20)18-9-13-26(4-2)14-10-18/h5-16H,3-4H2,1-2H3/q+2. The molecule has 128 valence electrons. The fourth-order valence-corrected chi connectivity index (χ4v) is 3.03. The average Bonchev–Trinajstić information content (AvgIpc) is 2.73. The molecule has 0 radical (unpaired) electrons. The summed E-state index contributed by atoms with van der Waals surface area (Å²) in [6.45, 7) is 6.20. The summed E-state index contributed by atoms with van der Waals surface area (Å²) >= 11 is 0. The van der Waals surface area contributed by atoms with Crippen molar-refractivity contribution in [3.8, 4) is 22.4 Å². The molecule has 3 aromatic heterocycles. The van der Waals surface area contributed by atoms with Gasteiger partial charge in [0, 0.05) is 29.8 Å². The third-order valence-corrected chi connectivity index (χ3v) is 4.68. The second kappa shape index (κ2) is 7.00. The smallest absolute Gasteiger partial charge is 0.169 e. The van der Waals surface area contributed by atoms with Crippen LogP contribution in [0.15, 0.2) is 73.4 Å². The summed E-state index contributed by atoms with van der Waals surface area (Å²) in [6.07, 6.45) is 10.2. The van der Waals surface area contributed by atoms with E-state index < -0.39 is 0 Å². The van der Waals surface area contributed by atoms with Crippen molar-refractivity contribution in [3.05, 3.63) is 73.4 Å². The highest BCUT2D eigenvalue weighted by atomic mass is 14.9. The van der Waals surface area contributed by atoms with Crippen molar-refractivity contribution in [1.82, 2.24) is 9.97 Å². The van der Waals surface area contributed by atoms with Gasteiger partial charge < -0.3 is 0 Å². The van der Waals surface area contributed by atoms with Crippen LogP contribution in [0.2, 0.25) is 0 Å². The van der Waals surface area contributed by atoms with E-state index >= 15 is 0 Å². The Labute approximate surface area is 153 Å². The SMILES string of the molecule is CC[n+]1ccc(-c2ccc3nc(-c4cc[n+](CC)cc4)cnc3c2)cc1. The molecule has 4 rings (SSSR count). The van der Waals surface area contributed by atoms with Crippen LogP contribution in [0.4, 0.5) is 0 Å². The lowest BCUT2D eigenvalue weighted by Crippen LogP contribution is -2.30. The molecule has 0 fully saturated rings. The maximum absolute atomic E-state index is 4.79. The molecule has 0 amide bonds. The molecule has 0 N–H and O–H groups in total. The number of hydrogen-bond donors (Lipinski definition) is 0. The molecule has 0 aliphatic carbocycles. The summed E-state index contributed by atoms with van der Waals surface area (Å²) in [4.78, 5) is 9.43. The second-order valence-corrected chi connectivity index (χ2v) is 6.29. The van der Waals surface area contributed by atoms with Crippen molar-refractivity contribution in [1.29, 1.82) is 0 Å². The number of aromatic nitrogens is 4. The van der Waals surface area contributed by atoms with Gasteiger partial charge in [0.05, 0.1) is 22.9 Å². The van der Waals surface area contributed by atoms with E-state index in [1.807, 2.05) is 6.20 Å². The van der Waals surface area contributed by atoms with E-state index in [4.69, 9.17) is 4.98 Å². The molecular formula is C22H22N4+2. The number of rotatable bonds is 4. The van der Waals surface area contributed by atoms with E-state index in [9.17, 15) is 0 Å². The quantitative estimate of drug-likeness (QED) is 0.531. The van der Waals surface area contributed by atoms with E-state index in [0.717, 1.165) is 40.9 Å². The monoisotopic (exact) mass is 342 g/mol. The fourth-order valence-electron chi connectivity index (χ4n) is 3.03. The van der Waals surface area contributed by atoms with Crippen molar-refractivity contribution >= 4 is 11.0 Å². The Kier molecular flexibility index (Phi) is 4.40. The van der Waals surface area contributed by atoms with Gasteiger partial charge in [0.15, 0.2) is 24.8 Å². The molecule has 4 nitrogen and oxygen atoms in total. The van der Waals surface area contributed by atoms with Crippen LogP contribution in [0.5, 0.6) is 0 Å². The van der Waals surface area contributed by atoms with Gasteiger partial charge in [0.2, 0.25) is 0 Å². The first kappa shape index (κ1) is 16.3. The second-order valence-electron chi connectivity index (χ2n) is 6.29. The predicted octanol–water partition coefficient (Wildman–Crippen LogP) is 3.58. The van der Waals surface area contributed by atoms with Gasteiger partial charge in [-0.3, -0.25) is 4.98 Å². The summed E-state index contributed by atoms with van der Waals surface area (Å²) in [6, 6.07) is 14.7. The molecule has 4 heteroatoms. The number of hydrogen-bond acceptors (Lipinski definition) is 2. The van der Waals surface area contributed by atoms with Gasteiger partial charge in [-0.15, -0.1) is 0 Å². The largest absolute Gasteiger partial charge is 0.252 e. The molecule has 4 aromatic rings. The molecule has 0 spiro atoms. The predicted molar refractivity (Wildman–Crippen MR) is 102 cm³/mol. The maximum atomic E-state index is 4.79. The zero-order chi connectivity index (χ0) is 17.9. The highest BCUT2D eigenvalue weighted by molar-refractivity contribution is 5.82. The number of benzene rings is 1. The molecule has 0 unspecified atom stereocenters. The Hall–Kier alpha value is -3.14. The average molecular weight is 342 g/mol. The Morgan fingerprint density at radius 2 is 1.31 bits per heavy atom. The van der Waals surface area contributed by atoms with Crippen LogP contribution < -0.4 is 9.13 Å². The van der Waals surface area contributed by atoms with Crippen molar-refractivity contribution in [2.45, 2.75) is 26.9 Å². The van der Waals surface area contributed by atoms with Crippen LogP contribution in [0.3, 0.4) is 0 Å². The van der Waals surface area contributed by atoms with Crippen LogP contribution in [0.25, 0.3) is 33.4 Å². The lowest BCUT2D eigenvalue weighted by atomic mass is 10.1. The van der Waals surface area contributed by atoms with Gasteiger partial charge >= 0.3 is 0 Å². The van der Waals surface area contributed by atoms with E-state index in [2.05, 4.69) is 95.2 Å². The zero-order valence-corrected chi connectivity index (χ0v) is 15.1. The normalized spacial score (nSPS) is 11.0. The van der Waals surface area contributed by atoms with Gasteiger partial charge in [0.1, 0.15) is 13.1 Å². The molecular weight excluding hydrogens is 320 g/mol. The van der Waals surface area contributed by atoms with Gasteiger partial charge in [-0.05, 0) is 37.1 Å². The maximum Gasteiger partial charge on any atom is 0.169 e. The van der Waals surface area contributed by atoms with Gasteiger partial charge in [0.25, 0.3) is 0 Å². The fraction of sp³-hybridized carbons (Fsp3) is 0.182. The topological polar surface area (TPSA) is 33.5 Å². The molecule has 0 atom stereocenters. The number of fused-ring (bicyclic) bond motifs is 1. The lowest BCUT2D eigenvalue weighted by Gasteiger charge is -2.05. The van der Waals surface area contributed by atoms with Crippen LogP contribution in [0, 0.1) is 0 Å². The highest BCUT2D eigenvalue weighted by Gasteiger charge is 2.07. The lowest BCUT2D eigenvalue weighted by molar-refractivity contribution is -0.693. The summed E-state index contributed by atoms with van der Waals surface area (Å²) in [7, 11) is 0. The molecule has 3 heterocycles. The van der Waals surface area contributed by atoms with Crippen molar-refractivity contribution < 1.29 is 9.13 Å². The van der Waals surface area contributed by atoms with Crippen molar-refractivity contribution in [2.75, 3.05) is 0 Å². The number of pyridine rings is 2. The Balaban J connectivity index is 1.68. The number of nitrogens with zero attached hydrogens (tertiary/aromatic N) is 4. The molecule has 0 bridgehead atoms. The van der Waals surface area contributed by atoms with Crippen LogP contribution in [0.1, 0.15) is 13.8 Å².